The molecule has 0 amide bonds. The summed E-state index contributed by atoms with van der Waals surface area (Å²) in [6, 6.07) is 5.75. The lowest BCUT2D eigenvalue weighted by Gasteiger charge is -2.08. The van der Waals surface area contributed by atoms with Gasteiger partial charge in [-0.05, 0) is 6.92 Å². The molecule has 21 heavy (non-hydrogen) atoms. The Balaban J connectivity index is 2.56. The first kappa shape index (κ1) is 14.4. The number of hydrogen-bond acceptors (Lipinski definition) is 7. The Morgan fingerprint density at radius 3 is 2.90 bits per heavy atom. The second-order valence-electron chi connectivity index (χ2n) is 4.02. The van der Waals surface area contributed by atoms with E-state index in [9.17, 15) is 14.9 Å². The van der Waals surface area contributed by atoms with Crippen molar-refractivity contribution in [1.29, 1.82) is 0 Å². The van der Waals surface area contributed by atoms with Crippen LogP contribution in [-0.4, -0.2) is 27.5 Å². The normalized spacial score (nSPS) is 10.1. The Kier molecular flexibility index (Phi) is 4.07. The van der Waals surface area contributed by atoms with Crippen LogP contribution in [0.3, 0.4) is 0 Å². The van der Waals surface area contributed by atoms with Crippen molar-refractivity contribution >= 4 is 17.6 Å². The number of nitrogens with zero attached hydrogens (tertiary/aromatic N) is 3. The van der Waals surface area contributed by atoms with Crippen LogP contribution in [0.4, 0.5) is 11.6 Å². The highest BCUT2D eigenvalue weighted by Gasteiger charge is 2.18. The summed E-state index contributed by atoms with van der Waals surface area (Å²) in [5.74, 6) is -0.649. The van der Waals surface area contributed by atoms with Gasteiger partial charge >= 0.3 is 5.97 Å². The largest absolute Gasteiger partial charge is 0.462 e. The molecular formula is C13H12N4O4. The number of anilines is 1. The molecule has 1 aromatic carbocycles. The van der Waals surface area contributed by atoms with Crippen LogP contribution in [0.15, 0.2) is 30.5 Å². The molecule has 108 valence electrons. The Bertz CT molecular complexity index is 702. The average Bonchev–Trinajstić information content (AvgIpc) is 2.47. The fourth-order valence-corrected chi connectivity index (χ4v) is 1.74. The zero-order valence-corrected chi connectivity index (χ0v) is 11.1. The molecule has 0 spiro atoms. The van der Waals surface area contributed by atoms with Crippen molar-refractivity contribution in [3.8, 4) is 11.3 Å². The van der Waals surface area contributed by atoms with Crippen LogP contribution in [0.1, 0.15) is 17.3 Å². The number of rotatable bonds is 4. The molecule has 0 saturated heterocycles. The van der Waals surface area contributed by atoms with Gasteiger partial charge in [-0.15, -0.1) is 0 Å². The summed E-state index contributed by atoms with van der Waals surface area (Å²) in [7, 11) is 0. The number of non-ortho nitro benzene ring substituents is 1. The number of carbonyl (C=O) groups excluding carboxylic acids is 1. The van der Waals surface area contributed by atoms with Gasteiger partial charge in [0.1, 0.15) is 5.56 Å². The van der Waals surface area contributed by atoms with Crippen molar-refractivity contribution in [1.82, 2.24) is 9.97 Å². The third kappa shape index (κ3) is 3.11. The summed E-state index contributed by atoms with van der Waals surface area (Å²) < 4.78 is 4.91. The van der Waals surface area contributed by atoms with Gasteiger partial charge < -0.3 is 10.5 Å². The molecule has 0 aliphatic rings. The average molecular weight is 288 g/mol. The van der Waals surface area contributed by atoms with E-state index in [2.05, 4.69) is 9.97 Å². The molecular weight excluding hydrogens is 276 g/mol. The summed E-state index contributed by atoms with van der Waals surface area (Å²) in [6.07, 6.45) is 1.24. The highest BCUT2D eigenvalue weighted by atomic mass is 16.6. The standard InChI is InChI=1S/C13H12N4O4/c1-2-21-12(18)10-7-15-13(14)16-11(10)8-4-3-5-9(6-8)17(19)20/h3-7H,2H2,1H3,(H2,14,15,16). The molecule has 1 heterocycles. The number of nitro groups is 1. The van der Waals surface area contributed by atoms with E-state index >= 15 is 0 Å². The van der Waals surface area contributed by atoms with Crippen LogP contribution in [0.25, 0.3) is 11.3 Å². The van der Waals surface area contributed by atoms with Gasteiger partial charge in [-0.2, -0.15) is 0 Å². The van der Waals surface area contributed by atoms with E-state index in [1.54, 1.807) is 13.0 Å². The summed E-state index contributed by atoms with van der Waals surface area (Å²) in [4.78, 5) is 29.9. The van der Waals surface area contributed by atoms with E-state index in [-0.39, 0.29) is 29.5 Å². The second kappa shape index (κ2) is 5.95. The van der Waals surface area contributed by atoms with Crippen LogP contribution < -0.4 is 5.73 Å². The molecule has 1 aromatic heterocycles. The van der Waals surface area contributed by atoms with Crippen molar-refractivity contribution in [3.63, 3.8) is 0 Å². The van der Waals surface area contributed by atoms with E-state index in [1.807, 2.05) is 0 Å². The van der Waals surface area contributed by atoms with Gasteiger partial charge in [-0.25, -0.2) is 14.8 Å². The van der Waals surface area contributed by atoms with Gasteiger partial charge in [0.15, 0.2) is 0 Å². The molecule has 0 aliphatic carbocycles. The van der Waals surface area contributed by atoms with E-state index in [0.717, 1.165) is 0 Å². The quantitative estimate of drug-likeness (QED) is 0.517. The number of benzene rings is 1. The van der Waals surface area contributed by atoms with Crippen LogP contribution >= 0.6 is 0 Å². The van der Waals surface area contributed by atoms with Gasteiger partial charge in [0.25, 0.3) is 5.69 Å². The van der Waals surface area contributed by atoms with Crippen molar-refractivity contribution in [3.05, 3.63) is 46.1 Å². The highest BCUT2D eigenvalue weighted by Crippen LogP contribution is 2.26. The third-order valence-corrected chi connectivity index (χ3v) is 2.63. The fourth-order valence-electron chi connectivity index (χ4n) is 1.74. The first-order valence-electron chi connectivity index (χ1n) is 6.07. The highest BCUT2D eigenvalue weighted by molar-refractivity contribution is 5.96. The number of ether oxygens (including phenoxy) is 1. The molecule has 0 fully saturated rings. The lowest BCUT2D eigenvalue weighted by molar-refractivity contribution is -0.384. The van der Waals surface area contributed by atoms with Gasteiger partial charge in [0, 0.05) is 23.9 Å². The minimum absolute atomic E-state index is 0.0374. The number of esters is 1. The van der Waals surface area contributed by atoms with Crippen molar-refractivity contribution in [2.24, 2.45) is 0 Å². The topological polar surface area (TPSA) is 121 Å². The molecule has 0 bridgehead atoms. The molecule has 8 nitrogen and oxygen atoms in total. The number of nitrogen functional groups attached to an aromatic ring is 1. The number of nitro benzene ring substituents is 1. The lowest BCUT2D eigenvalue weighted by atomic mass is 10.1. The third-order valence-electron chi connectivity index (χ3n) is 2.63. The van der Waals surface area contributed by atoms with E-state index in [0.29, 0.717) is 5.56 Å². The SMILES string of the molecule is CCOC(=O)c1cnc(N)nc1-c1cccc([N+](=O)[O-])c1. The maximum atomic E-state index is 11.9. The molecule has 8 heteroatoms. The summed E-state index contributed by atoms with van der Waals surface area (Å²) in [5.41, 5.74) is 6.11. The second-order valence-corrected chi connectivity index (χ2v) is 4.02. The molecule has 0 saturated carbocycles. The number of aromatic nitrogens is 2. The molecule has 2 N–H and O–H groups in total. The minimum Gasteiger partial charge on any atom is -0.462 e. The Labute approximate surface area is 119 Å². The molecule has 2 rings (SSSR count). The van der Waals surface area contributed by atoms with Crippen LogP contribution in [0, 0.1) is 10.1 Å². The Hall–Kier alpha value is -3.03. The van der Waals surface area contributed by atoms with Crippen LogP contribution in [0.5, 0.6) is 0 Å². The summed E-state index contributed by atoms with van der Waals surface area (Å²) in [6.45, 7) is 1.86. The van der Waals surface area contributed by atoms with Crippen LogP contribution in [0.2, 0.25) is 0 Å². The van der Waals surface area contributed by atoms with E-state index < -0.39 is 10.9 Å². The van der Waals surface area contributed by atoms with Gasteiger partial charge in [-0.1, -0.05) is 12.1 Å². The predicted molar refractivity (Wildman–Crippen MR) is 74.5 cm³/mol. The van der Waals surface area contributed by atoms with Gasteiger partial charge in [0.05, 0.1) is 17.2 Å². The van der Waals surface area contributed by atoms with Crippen LogP contribution in [-0.2, 0) is 4.74 Å². The van der Waals surface area contributed by atoms with Gasteiger partial charge in [0.2, 0.25) is 5.95 Å². The lowest BCUT2D eigenvalue weighted by Crippen LogP contribution is -2.10. The number of nitrogens with two attached hydrogens (primary N) is 1. The monoisotopic (exact) mass is 288 g/mol. The fraction of sp³-hybridized carbons (Fsp3) is 0.154. The molecule has 0 unspecified atom stereocenters. The maximum absolute atomic E-state index is 11.9. The van der Waals surface area contributed by atoms with E-state index in [4.69, 9.17) is 10.5 Å². The zero-order chi connectivity index (χ0) is 15.4. The summed E-state index contributed by atoms with van der Waals surface area (Å²) in [5, 5.41) is 10.8. The minimum atomic E-state index is -0.612. The van der Waals surface area contributed by atoms with Gasteiger partial charge in [-0.3, -0.25) is 10.1 Å². The van der Waals surface area contributed by atoms with Crippen molar-refractivity contribution < 1.29 is 14.5 Å². The molecule has 0 aliphatic heterocycles. The molecule has 0 radical (unpaired) electrons. The number of carbonyl (C=O) groups is 1. The Morgan fingerprint density at radius 1 is 1.48 bits per heavy atom. The smallest absolute Gasteiger partial charge is 0.341 e. The van der Waals surface area contributed by atoms with Crippen molar-refractivity contribution in [2.75, 3.05) is 12.3 Å². The predicted octanol–water partition coefficient (Wildman–Crippen LogP) is 1.81. The molecule has 2 aromatic rings. The van der Waals surface area contributed by atoms with Crippen molar-refractivity contribution in [2.45, 2.75) is 6.92 Å². The number of hydrogen-bond donors (Lipinski definition) is 1. The maximum Gasteiger partial charge on any atom is 0.341 e. The molecule has 0 atom stereocenters. The van der Waals surface area contributed by atoms with E-state index in [1.165, 1.54) is 24.4 Å². The Morgan fingerprint density at radius 2 is 2.24 bits per heavy atom. The first-order valence-corrected chi connectivity index (χ1v) is 6.07. The summed E-state index contributed by atoms with van der Waals surface area (Å²) >= 11 is 0. The zero-order valence-electron chi connectivity index (χ0n) is 11.1. The first-order chi connectivity index (χ1) is 10.0.